The molecule has 0 saturated heterocycles. The van der Waals surface area contributed by atoms with Gasteiger partial charge >= 0.3 is 0 Å². The van der Waals surface area contributed by atoms with Crippen molar-refractivity contribution in [3.63, 3.8) is 0 Å². The van der Waals surface area contributed by atoms with Crippen LogP contribution in [0.1, 0.15) is 17.3 Å². The zero-order valence-electron chi connectivity index (χ0n) is 9.98. The van der Waals surface area contributed by atoms with E-state index in [4.69, 9.17) is 11.6 Å². The predicted octanol–water partition coefficient (Wildman–Crippen LogP) is 2.33. The maximum absolute atomic E-state index is 5.92. The van der Waals surface area contributed by atoms with Gasteiger partial charge in [-0.1, -0.05) is 0 Å². The molecule has 0 amide bonds. The Balaban J connectivity index is 2.28. The van der Waals surface area contributed by atoms with Crippen molar-refractivity contribution in [2.75, 3.05) is 5.73 Å². The Morgan fingerprint density at radius 1 is 1.32 bits per heavy atom. The van der Waals surface area contributed by atoms with E-state index in [0.717, 1.165) is 20.2 Å². The summed E-state index contributed by atoms with van der Waals surface area (Å²) in [5, 5.41) is 0. The lowest BCUT2D eigenvalue weighted by Gasteiger charge is -2.17. The molecule has 5 N–H and O–H groups in total. The van der Waals surface area contributed by atoms with Gasteiger partial charge in [-0.3, -0.25) is 21.2 Å². The lowest BCUT2D eigenvalue weighted by Crippen LogP contribution is -2.30. The van der Waals surface area contributed by atoms with Crippen molar-refractivity contribution < 1.29 is 0 Å². The molecule has 19 heavy (non-hydrogen) atoms. The standard InChI is InChI=1S/C12H13Br2N5/c13-8-4-9(14)12(18-6-8)11(19-16)3-7-5-17-2-1-10(7)15/h1-2,4-6,11,19H,3,16H2,(H2,15,17). The third-order valence-corrected chi connectivity index (χ3v) is 3.80. The monoisotopic (exact) mass is 385 g/mol. The van der Waals surface area contributed by atoms with Gasteiger partial charge in [-0.15, -0.1) is 0 Å². The van der Waals surface area contributed by atoms with E-state index in [1.165, 1.54) is 0 Å². The Bertz CT molecular complexity index is 576. The molecule has 0 aromatic carbocycles. The fourth-order valence-corrected chi connectivity index (χ4v) is 3.01. The quantitative estimate of drug-likeness (QED) is 0.554. The van der Waals surface area contributed by atoms with Gasteiger partial charge < -0.3 is 5.73 Å². The summed E-state index contributed by atoms with van der Waals surface area (Å²) in [5.74, 6) is 5.63. The van der Waals surface area contributed by atoms with Gasteiger partial charge in [0.2, 0.25) is 0 Å². The van der Waals surface area contributed by atoms with Crippen LogP contribution in [-0.2, 0) is 6.42 Å². The summed E-state index contributed by atoms with van der Waals surface area (Å²) in [5.41, 5.74) is 11.1. The molecule has 100 valence electrons. The molecule has 0 radical (unpaired) electrons. The number of nitrogen functional groups attached to an aromatic ring is 1. The Morgan fingerprint density at radius 2 is 2.11 bits per heavy atom. The summed E-state index contributed by atoms with van der Waals surface area (Å²) in [4.78, 5) is 8.45. The van der Waals surface area contributed by atoms with Gasteiger partial charge in [0, 0.05) is 33.2 Å². The second-order valence-electron chi connectivity index (χ2n) is 4.02. The Hall–Kier alpha value is -1.02. The van der Waals surface area contributed by atoms with Crippen molar-refractivity contribution in [2.45, 2.75) is 12.5 Å². The van der Waals surface area contributed by atoms with Crippen LogP contribution in [0.5, 0.6) is 0 Å². The van der Waals surface area contributed by atoms with Crippen LogP contribution in [0, 0.1) is 0 Å². The molecule has 1 unspecified atom stereocenters. The topological polar surface area (TPSA) is 89.8 Å². The van der Waals surface area contributed by atoms with E-state index in [-0.39, 0.29) is 6.04 Å². The first-order chi connectivity index (χ1) is 9.11. The molecule has 5 nitrogen and oxygen atoms in total. The number of nitrogens with zero attached hydrogens (tertiary/aromatic N) is 2. The summed E-state index contributed by atoms with van der Waals surface area (Å²) in [6.45, 7) is 0. The van der Waals surface area contributed by atoms with Crippen LogP contribution in [0.4, 0.5) is 5.69 Å². The lowest BCUT2D eigenvalue weighted by atomic mass is 10.0. The van der Waals surface area contributed by atoms with Gasteiger partial charge in [0.15, 0.2) is 0 Å². The van der Waals surface area contributed by atoms with Crippen LogP contribution < -0.4 is 17.0 Å². The highest BCUT2D eigenvalue weighted by Crippen LogP contribution is 2.27. The zero-order valence-corrected chi connectivity index (χ0v) is 13.1. The zero-order chi connectivity index (χ0) is 13.8. The molecule has 2 heterocycles. The summed E-state index contributed by atoms with van der Waals surface area (Å²) < 4.78 is 1.78. The molecule has 0 aliphatic carbocycles. The van der Waals surface area contributed by atoms with Gasteiger partial charge in [0.25, 0.3) is 0 Å². The molecule has 0 fully saturated rings. The second-order valence-corrected chi connectivity index (χ2v) is 5.79. The highest BCUT2D eigenvalue weighted by Gasteiger charge is 2.17. The molecule has 2 rings (SSSR count). The minimum atomic E-state index is -0.144. The van der Waals surface area contributed by atoms with Gasteiger partial charge in [-0.25, -0.2) is 0 Å². The molecule has 0 bridgehead atoms. The maximum atomic E-state index is 5.92. The van der Waals surface area contributed by atoms with E-state index >= 15 is 0 Å². The third kappa shape index (κ3) is 3.50. The number of hydrogen-bond donors (Lipinski definition) is 3. The van der Waals surface area contributed by atoms with Crippen LogP contribution >= 0.6 is 31.9 Å². The van der Waals surface area contributed by atoms with Gasteiger partial charge in [-0.05, 0) is 56.0 Å². The van der Waals surface area contributed by atoms with Gasteiger partial charge in [0.1, 0.15) is 0 Å². The summed E-state index contributed by atoms with van der Waals surface area (Å²) >= 11 is 6.86. The fraction of sp³-hybridized carbons (Fsp3) is 0.167. The number of nitrogens with one attached hydrogen (secondary N) is 1. The molecule has 0 aliphatic rings. The number of anilines is 1. The van der Waals surface area contributed by atoms with E-state index in [1.807, 2.05) is 6.07 Å². The van der Waals surface area contributed by atoms with Crippen molar-refractivity contribution in [3.8, 4) is 0 Å². The number of pyridine rings is 2. The summed E-state index contributed by atoms with van der Waals surface area (Å²) in [6, 6.07) is 3.56. The van der Waals surface area contributed by atoms with Crippen LogP contribution in [0.15, 0.2) is 39.7 Å². The van der Waals surface area contributed by atoms with Crippen molar-refractivity contribution in [1.29, 1.82) is 0 Å². The number of aromatic nitrogens is 2. The van der Waals surface area contributed by atoms with E-state index < -0.39 is 0 Å². The molecule has 1 atom stereocenters. The van der Waals surface area contributed by atoms with Crippen molar-refractivity contribution in [3.05, 3.63) is 50.9 Å². The van der Waals surface area contributed by atoms with Crippen LogP contribution in [0.3, 0.4) is 0 Å². The first kappa shape index (κ1) is 14.4. The van der Waals surface area contributed by atoms with Gasteiger partial charge in [-0.2, -0.15) is 0 Å². The summed E-state index contributed by atoms with van der Waals surface area (Å²) in [7, 11) is 0. The normalized spacial score (nSPS) is 12.4. The van der Waals surface area contributed by atoms with E-state index in [0.29, 0.717) is 12.1 Å². The largest absolute Gasteiger partial charge is 0.398 e. The molecule has 7 heteroatoms. The average Bonchev–Trinajstić information content (AvgIpc) is 2.39. The number of nitrogens with two attached hydrogens (primary N) is 2. The summed E-state index contributed by atoms with van der Waals surface area (Å²) in [6.07, 6.45) is 5.75. The minimum Gasteiger partial charge on any atom is -0.398 e. The Labute approximate surface area is 128 Å². The molecular formula is C12H13Br2N5. The van der Waals surface area contributed by atoms with Crippen LogP contribution in [-0.4, -0.2) is 9.97 Å². The average molecular weight is 387 g/mol. The van der Waals surface area contributed by atoms with Gasteiger partial charge in [0.05, 0.1) is 11.7 Å². The van der Waals surface area contributed by atoms with Crippen molar-refractivity contribution in [2.24, 2.45) is 5.84 Å². The Kier molecular flexibility index (Phi) is 4.87. The van der Waals surface area contributed by atoms with E-state index in [1.54, 1.807) is 24.7 Å². The lowest BCUT2D eigenvalue weighted by molar-refractivity contribution is 0.536. The van der Waals surface area contributed by atoms with Crippen molar-refractivity contribution in [1.82, 2.24) is 15.4 Å². The fourth-order valence-electron chi connectivity index (χ4n) is 1.74. The molecule has 0 aliphatic heterocycles. The number of halogens is 2. The highest BCUT2D eigenvalue weighted by molar-refractivity contribution is 9.11. The van der Waals surface area contributed by atoms with E-state index in [2.05, 4.69) is 47.3 Å². The van der Waals surface area contributed by atoms with Crippen LogP contribution in [0.2, 0.25) is 0 Å². The number of rotatable bonds is 4. The molecular weight excluding hydrogens is 374 g/mol. The predicted molar refractivity (Wildman–Crippen MR) is 82.1 cm³/mol. The van der Waals surface area contributed by atoms with E-state index in [9.17, 15) is 0 Å². The number of hydrogen-bond acceptors (Lipinski definition) is 5. The SMILES string of the molecule is NNC(Cc1cnccc1N)c1ncc(Br)cc1Br. The molecule has 0 spiro atoms. The maximum Gasteiger partial charge on any atom is 0.0732 e. The molecule has 2 aromatic rings. The van der Waals surface area contributed by atoms with Crippen molar-refractivity contribution >= 4 is 37.5 Å². The smallest absolute Gasteiger partial charge is 0.0732 e. The Morgan fingerprint density at radius 3 is 2.74 bits per heavy atom. The third-order valence-electron chi connectivity index (χ3n) is 2.73. The minimum absolute atomic E-state index is 0.144. The van der Waals surface area contributed by atoms with Crippen LogP contribution in [0.25, 0.3) is 0 Å². The first-order valence-corrected chi connectivity index (χ1v) is 7.16. The second kappa shape index (κ2) is 6.42. The first-order valence-electron chi connectivity index (χ1n) is 5.57. The highest BCUT2D eigenvalue weighted by atomic mass is 79.9. The molecule has 0 saturated carbocycles. The number of hydrazine groups is 1. The molecule has 2 aromatic heterocycles.